The Balaban J connectivity index is 2.81. The summed E-state index contributed by atoms with van der Waals surface area (Å²) in [6, 6.07) is -1.58. The summed E-state index contributed by atoms with van der Waals surface area (Å²) in [7, 11) is -4.02. The van der Waals surface area contributed by atoms with Gasteiger partial charge in [0, 0.05) is 13.1 Å². The summed E-state index contributed by atoms with van der Waals surface area (Å²) in [5.74, 6) is -2.36. The Hall–Kier alpha value is -1.23. The number of nitrogens with two attached hydrogens (primary N) is 1. The molecule has 0 aromatic carbocycles. The van der Waals surface area contributed by atoms with E-state index in [2.05, 4.69) is 0 Å². The largest absolute Gasteiger partial charge is 0.480 e. The number of rotatable bonds is 6. The lowest BCUT2D eigenvalue weighted by atomic mass is 10.2. The highest BCUT2D eigenvalue weighted by Gasteiger charge is 2.34. The van der Waals surface area contributed by atoms with Crippen LogP contribution in [0.25, 0.3) is 0 Å². The van der Waals surface area contributed by atoms with E-state index in [1.54, 1.807) is 13.8 Å². The third-order valence-electron chi connectivity index (χ3n) is 2.72. The number of nitrogens with zero attached hydrogens (tertiary/aromatic N) is 1. The van der Waals surface area contributed by atoms with E-state index in [1.165, 1.54) is 0 Å². The van der Waals surface area contributed by atoms with Gasteiger partial charge in [0.25, 0.3) is 10.2 Å². The van der Waals surface area contributed by atoms with E-state index in [0.29, 0.717) is 0 Å². The zero-order valence-corrected chi connectivity index (χ0v) is 12.1. The molecule has 116 valence electrons. The second-order valence-corrected chi connectivity index (χ2v) is 6.46. The lowest BCUT2D eigenvalue weighted by Gasteiger charge is -2.34. The number of carbonyl (C=O) groups is 2. The van der Waals surface area contributed by atoms with Crippen molar-refractivity contribution in [3.05, 3.63) is 0 Å². The summed E-state index contributed by atoms with van der Waals surface area (Å²) in [6.45, 7) is 3.66. The number of carboxylic acids is 1. The van der Waals surface area contributed by atoms with E-state index in [4.69, 9.17) is 15.6 Å². The summed E-state index contributed by atoms with van der Waals surface area (Å²) in [5, 5.41) is 8.91. The van der Waals surface area contributed by atoms with Gasteiger partial charge in [-0.2, -0.15) is 17.4 Å². The number of hydrogen-bond donors (Lipinski definition) is 3. The molecule has 0 aliphatic carbocycles. The number of nitrogens with one attached hydrogen (secondary N) is 1. The highest BCUT2D eigenvalue weighted by molar-refractivity contribution is 7.87. The Kier molecular flexibility index (Phi) is 5.45. The van der Waals surface area contributed by atoms with Crippen LogP contribution in [0.4, 0.5) is 0 Å². The van der Waals surface area contributed by atoms with E-state index < -0.39 is 34.5 Å². The molecular formula is C10H19N3O6S. The molecule has 0 bridgehead atoms. The molecule has 0 saturated carbocycles. The second kappa shape index (κ2) is 6.48. The molecule has 1 amide bonds. The van der Waals surface area contributed by atoms with Crippen molar-refractivity contribution >= 4 is 22.1 Å². The van der Waals surface area contributed by atoms with Crippen LogP contribution in [0.5, 0.6) is 0 Å². The maximum atomic E-state index is 12.1. The van der Waals surface area contributed by atoms with Crippen LogP contribution in [-0.4, -0.2) is 61.0 Å². The number of hydrogen-bond acceptors (Lipinski definition) is 5. The van der Waals surface area contributed by atoms with Crippen LogP contribution in [0.2, 0.25) is 0 Å². The standard InChI is InChI=1S/C10H19N3O6S/c1-6-4-13(5-7(2)19-6)20(17,18)12-8(10(15)16)3-9(11)14/h6-8,12H,3-5H2,1-2H3,(H2,11,14)(H,15,16). The highest BCUT2D eigenvalue weighted by Crippen LogP contribution is 2.14. The predicted octanol–water partition coefficient (Wildman–Crippen LogP) is -1.74. The summed E-state index contributed by atoms with van der Waals surface area (Å²) in [4.78, 5) is 21.7. The van der Waals surface area contributed by atoms with Gasteiger partial charge in [0.1, 0.15) is 6.04 Å². The molecule has 1 fully saturated rings. The number of carboxylic acid groups (broad SMARTS) is 1. The Morgan fingerprint density at radius 1 is 1.40 bits per heavy atom. The quantitative estimate of drug-likeness (QED) is 0.532. The van der Waals surface area contributed by atoms with Crippen LogP contribution in [-0.2, 0) is 24.5 Å². The average molecular weight is 309 g/mol. The smallest absolute Gasteiger partial charge is 0.322 e. The zero-order valence-electron chi connectivity index (χ0n) is 11.3. The summed E-state index contributed by atoms with van der Waals surface area (Å²) in [5.41, 5.74) is 4.90. The van der Waals surface area contributed by atoms with Gasteiger partial charge in [-0.3, -0.25) is 9.59 Å². The van der Waals surface area contributed by atoms with Gasteiger partial charge in [0.05, 0.1) is 18.6 Å². The summed E-state index contributed by atoms with van der Waals surface area (Å²) in [6.07, 6.45) is -1.20. The summed E-state index contributed by atoms with van der Waals surface area (Å²) < 4.78 is 32.7. The second-order valence-electron chi connectivity index (χ2n) is 4.76. The van der Waals surface area contributed by atoms with Gasteiger partial charge in [-0.1, -0.05) is 0 Å². The first-order chi connectivity index (χ1) is 9.11. The van der Waals surface area contributed by atoms with Gasteiger partial charge in [0.2, 0.25) is 5.91 Å². The minimum absolute atomic E-state index is 0.114. The number of ether oxygens (including phenoxy) is 1. The molecule has 1 aliphatic rings. The van der Waals surface area contributed by atoms with Crippen LogP contribution in [0.1, 0.15) is 20.3 Å². The normalized spacial score (nSPS) is 26.1. The van der Waals surface area contributed by atoms with Crippen molar-refractivity contribution in [2.45, 2.75) is 38.5 Å². The van der Waals surface area contributed by atoms with Crippen LogP contribution < -0.4 is 10.5 Å². The maximum absolute atomic E-state index is 12.1. The molecule has 1 heterocycles. The monoisotopic (exact) mass is 309 g/mol. The Morgan fingerprint density at radius 3 is 2.30 bits per heavy atom. The number of amides is 1. The van der Waals surface area contributed by atoms with E-state index in [0.717, 1.165) is 4.31 Å². The van der Waals surface area contributed by atoms with Gasteiger partial charge in [-0.05, 0) is 13.8 Å². The van der Waals surface area contributed by atoms with Crippen molar-refractivity contribution in [2.75, 3.05) is 13.1 Å². The fourth-order valence-electron chi connectivity index (χ4n) is 1.96. The Bertz CT molecular complexity index is 469. The number of aliphatic carboxylic acids is 1. The third-order valence-corrected chi connectivity index (χ3v) is 4.28. The van der Waals surface area contributed by atoms with Crippen molar-refractivity contribution in [1.29, 1.82) is 0 Å². The maximum Gasteiger partial charge on any atom is 0.322 e. The highest BCUT2D eigenvalue weighted by atomic mass is 32.2. The van der Waals surface area contributed by atoms with E-state index in [9.17, 15) is 18.0 Å². The Morgan fingerprint density at radius 2 is 1.90 bits per heavy atom. The van der Waals surface area contributed by atoms with Gasteiger partial charge in [-0.15, -0.1) is 0 Å². The van der Waals surface area contributed by atoms with Gasteiger partial charge in [0.15, 0.2) is 0 Å². The molecule has 1 saturated heterocycles. The number of morpholine rings is 1. The molecule has 20 heavy (non-hydrogen) atoms. The van der Waals surface area contributed by atoms with Crippen molar-refractivity contribution in [1.82, 2.24) is 9.03 Å². The average Bonchev–Trinajstić information content (AvgIpc) is 2.25. The van der Waals surface area contributed by atoms with Crippen LogP contribution in [0, 0.1) is 0 Å². The summed E-state index contributed by atoms with van der Waals surface area (Å²) >= 11 is 0. The van der Waals surface area contributed by atoms with E-state index in [1.807, 2.05) is 4.72 Å². The molecular weight excluding hydrogens is 290 g/mol. The van der Waals surface area contributed by atoms with Crippen molar-refractivity contribution in [2.24, 2.45) is 5.73 Å². The molecule has 0 spiro atoms. The lowest BCUT2D eigenvalue weighted by Crippen LogP contribution is -2.55. The molecule has 1 rings (SSSR count). The van der Waals surface area contributed by atoms with Gasteiger partial charge < -0.3 is 15.6 Å². The minimum Gasteiger partial charge on any atom is -0.480 e. The molecule has 0 radical (unpaired) electrons. The molecule has 10 heteroatoms. The lowest BCUT2D eigenvalue weighted by molar-refractivity contribution is -0.140. The van der Waals surface area contributed by atoms with E-state index >= 15 is 0 Å². The van der Waals surface area contributed by atoms with Gasteiger partial charge >= 0.3 is 5.97 Å². The first-order valence-corrected chi connectivity index (χ1v) is 7.49. The molecule has 1 aliphatic heterocycles. The molecule has 3 atom stereocenters. The van der Waals surface area contributed by atoms with E-state index in [-0.39, 0.29) is 25.3 Å². The zero-order chi connectivity index (χ0) is 15.5. The van der Waals surface area contributed by atoms with Crippen molar-refractivity contribution in [3.8, 4) is 0 Å². The molecule has 3 unspecified atom stereocenters. The van der Waals surface area contributed by atoms with Crippen molar-refractivity contribution in [3.63, 3.8) is 0 Å². The molecule has 0 aromatic heterocycles. The SMILES string of the molecule is CC1CN(S(=O)(=O)NC(CC(N)=O)C(=O)O)CC(C)O1. The number of primary amides is 1. The topological polar surface area (TPSA) is 139 Å². The fourth-order valence-corrected chi connectivity index (χ4v) is 3.47. The minimum atomic E-state index is -4.02. The third kappa shape index (κ3) is 4.71. The predicted molar refractivity (Wildman–Crippen MR) is 68.9 cm³/mol. The first-order valence-electron chi connectivity index (χ1n) is 6.05. The molecule has 0 aromatic rings. The first kappa shape index (κ1) is 16.8. The molecule has 9 nitrogen and oxygen atoms in total. The van der Waals surface area contributed by atoms with Crippen LogP contribution >= 0.6 is 0 Å². The molecule has 4 N–H and O–H groups in total. The fraction of sp³-hybridized carbons (Fsp3) is 0.800. The number of carbonyl (C=O) groups excluding carboxylic acids is 1. The van der Waals surface area contributed by atoms with Crippen molar-refractivity contribution < 1.29 is 27.9 Å². The van der Waals surface area contributed by atoms with Gasteiger partial charge in [-0.25, -0.2) is 0 Å². The van der Waals surface area contributed by atoms with Crippen LogP contribution in [0.3, 0.4) is 0 Å². The Labute approximate surface area is 117 Å². The van der Waals surface area contributed by atoms with Crippen LogP contribution in [0.15, 0.2) is 0 Å².